The van der Waals surface area contributed by atoms with E-state index in [2.05, 4.69) is 0 Å². The zero-order chi connectivity index (χ0) is 12.8. The third-order valence-corrected chi connectivity index (χ3v) is 1.55. The van der Waals surface area contributed by atoms with Gasteiger partial charge >= 0.3 is 11.9 Å². The van der Waals surface area contributed by atoms with Crippen LogP contribution in [0.4, 0.5) is 0 Å². The molecule has 0 rings (SSSR count). The SMILES string of the molecule is CC(C)(N)C(=O)O.CC(C)C(N)C(=O)O. The third kappa shape index (κ3) is 9.17. The van der Waals surface area contributed by atoms with Gasteiger partial charge in [-0.05, 0) is 19.8 Å². The van der Waals surface area contributed by atoms with Gasteiger partial charge in [0.15, 0.2) is 0 Å². The number of carboxylic acids is 2. The smallest absolute Gasteiger partial charge is 0.323 e. The molecule has 0 aliphatic heterocycles. The minimum Gasteiger partial charge on any atom is -0.480 e. The van der Waals surface area contributed by atoms with Crippen molar-refractivity contribution in [3.8, 4) is 0 Å². The van der Waals surface area contributed by atoms with Gasteiger partial charge in [-0.15, -0.1) is 0 Å². The summed E-state index contributed by atoms with van der Waals surface area (Å²) in [6.07, 6.45) is 0. The Morgan fingerprint density at radius 2 is 1.47 bits per heavy atom. The van der Waals surface area contributed by atoms with Crippen molar-refractivity contribution < 1.29 is 19.8 Å². The van der Waals surface area contributed by atoms with E-state index in [-0.39, 0.29) is 5.92 Å². The van der Waals surface area contributed by atoms with Gasteiger partial charge < -0.3 is 21.7 Å². The second-order valence-corrected chi connectivity index (χ2v) is 4.13. The second-order valence-electron chi connectivity index (χ2n) is 4.13. The Kier molecular flexibility index (Phi) is 6.91. The minimum atomic E-state index is -1.08. The summed E-state index contributed by atoms with van der Waals surface area (Å²) in [5.41, 5.74) is 9.16. The van der Waals surface area contributed by atoms with Crippen molar-refractivity contribution in [2.24, 2.45) is 17.4 Å². The Bertz CT molecular complexity index is 221. The summed E-state index contributed by atoms with van der Waals surface area (Å²) in [5.74, 6) is -1.89. The van der Waals surface area contributed by atoms with Crippen molar-refractivity contribution in [2.75, 3.05) is 0 Å². The molecule has 0 aromatic heterocycles. The highest BCUT2D eigenvalue weighted by Gasteiger charge is 2.19. The maximum atomic E-state index is 10.0. The fraction of sp³-hybridized carbons (Fsp3) is 0.778. The summed E-state index contributed by atoms with van der Waals surface area (Å²) in [5, 5.41) is 16.4. The molecular weight excluding hydrogens is 200 g/mol. The van der Waals surface area contributed by atoms with Crippen LogP contribution in [0.2, 0.25) is 0 Å². The van der Waals surface area contributed by atoms with Gasteiger partial charge in [0.1, 0.15) is 11.6 Å². The Morgan fingerprint density at radius 3 is 1.47 bits per heavy atom. The van der Waals surface area contributed by atoms with Crippen molar-refractivity contribution in [1.29, 1.82) is 0 Å². The number of nitrogens with two attached hydrogens (primary N) is 2. The lowest BCUT2D eigenvalue weighted by Gasteiger charge is -2.09. The summed E-state index contributed by atoms with van der Waals surface area (Å²) in [7, 11) is 0. The van der Waals surface area contributed by atoms with E-state index in [1.54, 1.807) is 13.8 Å². The number of hydrogen-bond donors (Lipinski definition) is 4. The minimum absolute atomic E-state index is 0.0208. The van der Waals surface area contributed by atoms with E-state index in [0.29, 0.717) is 0 Å². The van der Waals surface area contributed by atoms with Gasteiger partial charge in [-0.2, -0.15) is 0 Å². The van der Waals surface area contributed by atoms with Crippen LogP contribution in [0.25, 0.3) is 0 Å². The first-order valence-electron chi connectivity index (χ1n) is 4.50. The molecule has 0 bridgehead atoms. The van der Waals surface area contributed by atoms with Crippen LogP contribution in [0, 0.1) is 5.92 Å². The molecule has 1 atom stereocenters. The zero-order valence-corrected chi connectivity index (χ0v) is 9.52. The molecule has 0 aliphatic carbocycles. The largest absolute Gasteiger partial charge is 0.480 e. The summed E-state index contributed by atoms with van der Waals surface area (Å²) in [6, 6.07) is -0.713. The Balaban J connectivity index is 0. The lowest BCUT2D eigenvalue weighted by Crippen LogP contribution is -2.41. The first-order chi connectivity index (χ1) is 6.50. The molecule has 0 spiro atoms. The van der Waals surface area contributed by atoms with Gasteiger partial charge in [0.05, 0.1) is 0 Å². The van der Waals surface area contributed by atoms with Gasteiger partial charge in [-0.1, -0.05) is 13.8 Å². The maximum Gasteiger partial charge on any atom is 0.323 e. The molecule has 0 aromatic rings. The summed E-state index contributed by atoms with van der Waals surface area (Å²) >= 11 is 0. The first kappa shape index (κ1) is 16.3. The van der Waals surface area contributed by atoms with Gasteiger partial charge in [-0.25, -0.2) is 0 Å². The van der Waals surface area contributed by atoms with Gasteiger partial charge in [0, 0.05) is 0 Å². The van der Waals surface area contributed by atoms with Gasteiger partial charge in [0.25, 0.3) is 0 Å². The van der Waals surface area contributed by atoms with Crippen LogP contribution in [0.5, 0.6) is 0 Å². The summed E-state index contributed by atoms with van der Waals surface area (Å²) < 4.78 is 0. The van der Waals surface area contributed by atoms with Crippen LogP contribution in [0.15, 0.2) is 0 Å². The zero-order valence-electron chi connectivity index (χ0n) is 9.52. The molecule has 0 heterocycles. The van der Waals surface area contributed by atoms with Crippen LogP contribution in [0.3, 0.4) is 0 Å². The van der Waals surface area contributed by atoms with Crippen molar-refractivity contribution >= 4 is 11.9 Å². The average molecular weight is 220 g/mol. The molecule has 0 aromatic carbocycles. The van der Waals surface area contributed by atoms with Crippen LogP contribution in [-0.2, 0) is 9.59 Å². The highest BCUT2D eigenvalue weighted by atomic mass is 16.4. The topological polar surface area (TPSA) is 127 Å². The molecule has 90 valence electrons. The van der Waals surface area contributed by atoms with E-state index in [9.17, 15) is 9.59 Å². The predicted molar refractivity (Wildman–Crippen MR) is 56.4 cm³/mol. The fourth-order valence-electron chi connectivity index (χ4n) is 0.285. The van der Waals surface area contributed by atoms with E-state index in [4.69, 9.17) is 21.7 Å². The molecule has 0 aliphatic rings. The van der Waals surface area contributed by atoms with E-state index in [0.717, 1.165) is 0 Å². The molecule has 6 N–H and O–H groups in total. The van der Waals surface area contributed by atoms with Crippen molar-refractivity contribution in [3.63, 3.8) is 0 Å². The number of aliphatic carboxylic acids is 2. The number of rotatable bonds is 3. The predicted octanol–water partition coefficient (Wildman–Crippen LogP) is -0.137. The Hall–Kier alpha value is -1.14. The lowest BCUT2D eigenvalue weighted by molar-refractivity contribution is -0.142. The second kappa shape index (κ2) is 6.36. The highest BCUT2D eigenvalue weighted by molar-refractivity contribution is 5.77. The molecule has 0 saturated carbocycles. The average Bonchev–Trinajstić information content (AvgIpc) is 2.01. The van der Waals surface area contributed by atoms with Crippen molar-refractivity contribution in [2.45, 2.75) is 39.3 Å². The van der Waals surface area contributed by atoms with Gasteiger partial charge in [0.2, 0.25) is 0 Å². The van der Waals surface area contributed by atoms with Crippen molar-refractivity contribution in [1.82, 2.24) is 0 Å². The van der Waals surface area contributed by atoms with Crippen LogP contribution >= 0.6 is 0 Å². The lowest BCUT2D eigenvalue weighted by atomic mass is 10.1. The standard InChI is InChI=1S/C5H11NO2.C4H9NO2/c1-3(2)4(6)5(7)8;1-4(2,5)3(6)7/h3-4H,6H2,1-2H3,(H,7,8);5H2,1-2H3,(H,6,7). The molecule has 0 radical (unpaired) electrons. The fourth-order valence-corrected chi connectivity index (χ4v) is 0.285. The van der Waals surface area contributed by atoms with Crippen LogP contribution in [-0.4, -0.2) is 33.7 Å². The van der Waals surface area contributed by atoms with E-state index >= 15 is 0 Å². The summed E-state index contributed by atoms with van der Waals surface area (Å²) in [4.78, 5) is 19.9. The molecule has 0 saturated heterocycles. The monoisotopic (exact) mass is 220 g/mol. The van der Waals surface area contributed by atoms with Crippen molar-refractivity contribution in [3.05, 3.63) is 0 Å². The van der Waals surface area contributed by atoms with E-state index < -0.39 is 23.5 Å². The Labute approximate surface area is 89.3 Å². The summed E-state index contributed by atoms with van der Waals surface area (Å²) in [6.45, 7) is 6.43. The van der Waals surface area contributed by atoms with Crippen LogP contribution < -0.4 is 11.5 Å². The third-order valence-electron chi connectivity index (χ3n) is 1.55. The molecule has 0 fully saturated rings. The Morgan fingerprint density at radius 1 is 1.20 bits per heavy atom. The van der Waals surface area contributed by atoms with E-state index in [1.165, 1.54) is 13.8 Å². The van der Waals surface area contributed by atoms with Crippen LogP contribution in [0.1, 0.15) is 27.7 Å². The maximum absolute atomic E-state index is 10.0. The highest BCUT2D eigenvalue weighted by Crippen LogP contribution is 1.96. The number of carbonyl (C=O) groups is 2. The molecule has 6 nitrogen and oxygen atoms in total. The molecular formula is C9H20N2O4. The molecule has 15 heavy (non-hydrogen) atoms. The first-order valence-corrected chi connectivity index (χ1v) is 4.50. The van der Waals surface area contributed by atoms with Gasteiger partial charge in [-0.3, -0.25) is 9.59 Å². The number of carboxylic acid groups (broad SMARTS) is 2. The molecule has 1 unspecified atom stereocenters. The quantitative estimate of drug-likeness (QED) is 0.524. The molecule has 6 heteroatoms. The number of hydrogen-bond acceptors (Lipinski definition) is 4. The normalized spacial score (nSPS) is 12.7. The molecule has 0 amide bonds. The van der Waals surface area contributed by atoms with E-state index in [1.807, 2.05) is 0 Å².